The number of benzene rings is 1. The summed E-state index contributed by atoms with van der Waals surface area (Å²) in [6.07, 6.45) is 3.58. The van der Waals surface area contributed by atoms with E-state index in [1.165, 1.54) is 0 Å². The fourth-order valence-electron chi connectivity index (χ4n) is 2.02. The van der Waals surface area contributed by atoms with Gasteiger partial charge < -0.3 is 5.32 Å². The number of nitrogens with one attached hydrogen (secondary N) is 1. The molecular formula is C15H17ClN2. The summed E-state index contributed by atoms with van der Waals surface area (Å²) in [4.78, 5) is 4.02. The van der Waals surface area contributed by atoms with Gasteiger partial charge in [0, 0.05) is 23.5 Å². The summed E-state index contributed by atoms with van der Waals surface area (Å²) in [5, 5.41) is 4.17. The molecule has 0 bridgehead atoms. The predicted molar refractivity (Wildman–Crippen MR) is 76.8 cm³/mol. The molecule has 94 valence electrons. The first-order valence-corrected chi connectivity index (χ1v) is 6.53. The molecule has 1 heterocycles. The Morgan fingerprint density at radius 2 is 1.89 bits per heavy atom. The molecule has 2 nitrogen and oxygen atoms in total. The van der Waals surface area contributed by atoms with Crippen molar-refractivity contribution in [3.8, 4) is 11.1 Å². The Balaban J connectivity index is 2.31. The summed E-state index contributed by atoms with van der Waals surface area (Å²) in [6, 6.07) is 10.4. The highest BCUT2D eigenvalue weighted by Crippen LogP contribution is 2.28. The van der Waals surface area contributed by atoms with Crippen molar-refractivity contribution < 1.29 is 0 Å². The number of aromatic nitrogens is 1. The van der Waals surface area contributed by atoms with Gasteiger partial charge in [-0.2, -0.15) is 0 Å². The van der Waals surface area contributed by atoms with Crippen LogP contribution in [-0.4, -0.2) is 11.5 Å². The standard InChI is InChI=1S/C15H17ClN2/c1-3-18-11(2)14-5-4-13(10-15(14)16)12-6-8-17-9-7-12/h4-11,18H,3H2,1-2H3. The molecule has 0 aliphatic heterocycles. The van der Waals surface area contributed by atoms with Crippen LogP contribution in [0.2, 0.25) is 5.02 Å². The van der Waals surface area contributed by atoms with E-state index in [0.29, 0.717) is 0 Å². The molecule has 0 fully saturated rings. The minimum atomic E-state index is 0.272. The average molecular weight is 261 g/mol. The lowest BCUT2D eigenvalue weighted by Gasteiger charge is -2.15. The van der Waals surface area contributed by atoms with Gasteiger partial charge in [-0.3, -0.25) is 4.98 Å². The molecule has 1 N–H and O–H groups in total. The molecule has 0 saturated heterocycles. The Morgan fingerprint density at radius 1 is 1.17 bits per heavy atom. The lowest BCUT2D eigenvalue weighted by atomic mass is 10.0. The van der Waals surface area contributed by atoms with Crippen molar-refractivity contribution in [2.24, 2.45) is 0 Å². The minimum Gasteiger partial charge on any atom is -0.310 e. The molecular weight excluding hydrogens is 244 g/mol. The fraction of sp³-hybridized carbons (Fsp3) is 0.267. The molecule has 1 aromatic heterocycles. The molecule has 2 aromatic rings. The second-order valence-corrected chi connectivity index (χ2v) is 4.66. The van der Waals surface area contributed by atoms with Crippen LogP contribution in [0.25, 0.3) is 11.1 Å². The highest BCUT2D eigenvalue weighted by molar-refractivity contribution is 6.31. The zero-order valence-corrected chi connectivity index (χ0v) is 11.4. The molecule has 0 aliphatic carbocycles. The van der Waals surface area contributed by atoms with E-state index in [4.69, 9.17) is 11.6 Å². The fourth-order valence-corrected chi connectivity index (χ4v) is 2.36. The van der Waals surface area contributed by atoms with Crippen LogP contribution in [0.5, 0.6) is 0 Å². The first-order valence-electron chi connectivity index (χ1n) is 6.15. The Morgan fingerprint density at radius 3 is 2.50 bits per heavy atom. The molecule has 18 heavy (non-hydrogen) atoms. The van der Waals surface area contributed by atoms with Gasteiger partial charge in [-0.05, 0) is 48.4 Å². The van der Waals surface area contributed by atoms with Crippen molar-refractivity contribution in [3.05, 3.63) is 53.3 Å². The van der Waals surface area contributed by atoms with E-state index in [2.05, 4.69) is 36.3 Å². The molecule has 0 saturated carbocycles. The second kappa shape index (κ2) is 5.98. The number of halogens is 1. The first-order chi connectivity index (χ1) is 8.72. The Kier molecular flexibility index (Phi) is 4.34. The number of nitrogens with zero attached hydrogens (tertiary/aromatic N) is 1. The topological polar surface area (TPSA) is 24.9 Å². The molecule has 2 rings (SSSR count). The van der Waals surface area contributed by atoms with Crippen molar-refractivity contribution in [2.45, 2.75) is 19.9 Å². The van der Waals surface area contributed by atoms with Crippen LogP contribution in [0.1, 0.15) is 25.5 Å². The van der Waals surface area contributed by atoms with Crippen molar-refractivity contribution in [1.29, 1.82) is 0 Å². The highest BCUT2D eigenvalue weighted by atomic mass is 35.5. The maximum atomic E-state index is 6.35. The predicted octanol–water partition coefficient (Wildman–Crippen LogP) is 4.07. The maximum Gasteiger partial charge on any atom is 0.0459 e. The highest BCUT2D eigenvalue weighted by Gasteiger charge is 2.09. The molecule has 3 heteroatoms. The summed E-state index contributed by atoms with van der Waals surface area (Å²) < 4.78 is 0. The van der Waals surface area contributed by atoms with Crippen LogP contribution in [0.4, 0.5) is 0 Å². The minimum absolute atomic E-state index is 0.272. The van der Waals surface area contributed by atoms with Crippen LogP contribution >= 0.6 is 11.6 Å². The summed E-state index contributed by atoms with van der Waals surface area (Å²) in [7, 11) is 0. The molecule has 0 amide bonds. The quantitative estimate of drug-likeness (QED) is 0.896. The monoisotopic (exact) mass is 260 g/mol. The summed E-state index contributed by atoms with van der Waals surface area (Å²) >= 11 is 6.35. The third-order valence-corrected chi connectivity index (χ3v) is 3.32. The van der Waals surface area contributed by atoms with E-state index in [1.807, 2.05) is 18.2 Å². The van der Waals surface area contributed by atoms with Gasteiger partial charge in [-0.25, -0.2) is 0 Å². The molecule has 1 atom stereocenters. The van der Waals surface area contributed by atoms with Gasteiger partial charge in [0.15, 0.2) is 0 Å². The Labute approximate surface area is 113 Å². The van der Waals surface area contributed by atoms with Crippen LogP contribution in [0.3, 0.4) is 0 Å². The van der Waals surface area contributed by atoms with Gasteiger partial charge >= 0.3 is 0 Å². The zero-order valence-electron chi connectivity index (χ0n) is 10.7. The van der Waals surface area contributed by atoms with Crippen molar-refractivity contribution in [3.63, 3.8) is 0 Å². The normalized spacial score (nSPS) is 12.4. The number of hydrogen-bond donors (Lipinski definition) is 1. The van der Waals surface area contributed by atoms with Gasteiger partial charge in [0.25, 0.3) is 0 Å². The van der Waals surface area contributed by atoms with Crippen LogP contribution in [-0.2, 0) is 0 Å². The molecule has 0 radical (unpaired) electrons. The molecule has 0 aliphatic rings. The lowest BCUT2D eigenvalue weighted by molar-refractivity contribution is 0.598. The zero-order chi connectivity index (χ0) is 13.0. The summed E-state index contributed by atoms with van der Waals surface area (Å²) in [5.41, 5.74) is 3.39. The lowest BCUT2D eigenvalue weighted by Crippen LogP contribution is -2.17. The van der Waals surface area contributed by atoms with Crippen LogP contribution in [0.15, 0.2) is 42.7 Å². The maximum absolute atomic E-state index is 6.35. The summed E-state index contributed by atoms with van der Waals surface area (Å²) in [6.45, 7) is 5.15. The molecule has 1 aromatic carbocycles. The van der Waals surface area contributed by atoms with E-state index in [-0.39, 0.29) is 6.04 Å². The number of rotatable bonds is 4. The van der Waals surface area contributed by atoms with Crippen molar-refractivity contribution in [2.75, 3.05) is 6.54 Å². The number of hydrogen-bond acceptors (Lipinski definition) is 2. The third kappa shape index (κ3) is 2.89. The van der Waals surface area contributed by atoms with E-state index in [1.54, 1.807) is 12.4 Å². The average Bonchev–Trinajstić information content (AvgIpc) is 2.40. The largest absolute Gasteiger partial charge is 0.310 e. The van der Waals surface area contributed by atoms with Crippen LogP contribution in [0, 0.1) is 0 Å². The van der Waals surface area contributed by atoms with Gasteiger partial charge in [-0.1, -0.05) is 30.7 Å². The van der Waals surface area contributed by atoms with Crippen molar-refractivity contribution >= 4 is 11.6 Å². The van der Waals surface area contributed by atoms with Gasteiger partial charge in [0.05, 0.1) is 0 Å². The smallest absolute Gasteiger partial charge is 0.0459 e. The second-order valence-electron chi connectivity index (χ2n) is 4.25. The third-order valence-electron chi connectivity index (χ3n) is 2.99. The first kappa shape index (κ1) is 13.1. The molecule has 0 spiro atoms. The van der Waals surface area contributed by atoms with Gasteiger partial charge in [-0.15, -0.1) is 0 Å². The van der Waals surface area contributed by atoms with Gasteiger partial charge in [0.1, 0.15) is 0 Å². The molecule has 1 unspecified atom stereocenters. The van der Waals surface area contributed by atoms with Crippen molar-refractivity contribution in [1.82, 2.24) is 10.3 Å². The SMILES string of the molecule is CCNC(C)c1ccc(-c2ccncc2)cc1Cl. The summed E-state index contributed by atoms with van der Waals surface area (Å²) in [5.74, 6) is 0. The van der Waals surface area contributed by atoms with E-state index >= 15 is 0 Å². The van der Waals surface area contributed by atoms with Crippen LogP contribution < -0.4 is 5.32 Å². The van der Waals surface area contributed by atoms with E-state index in [0.717, 1.165) is 28.3 Å². The van der Waals surface area contributed by atoms with Gasteiger partial charge in [0.2, 0.25) is 0 Å². The Hall–Kier alpha value is -1.38. The number of pyridine rings is 1. The van der Waals surface area contributed by atoms with E-state index in [9.17, 15) is 0 Å². The Bertz CT molecular complexity index is 511. The van der Waals surface area contributed by atoms with E-state index < -0.39 is 0 Å².